The molecule has 2 rings (SSSR count). The van der Waals surface area contributed by atoms with Gasteiger partial charge in [-0.05, 0) is 24.3 Å². The molecule has 0 aliphatic heterocycles. The van der Waals surface area contributed by atoms with E-state index in [9.17, 15) is 19.7 Å². The number of nitro groups is 1. The largest absolute Gasteiger partial charge is 0.459 e. The van der Waals surface area contributed by atoms with Gasteiger partial charge in [-0.15, -0.1) is 0 Å². The van der Waals surface area contributed by atoms with E-state index in [0.29, 0.717) is 5.56 Å². The first-order valence-electron chi connectivity index (χ1n) is 6.42. The van der Waals surface area contributed by atoms with Crippen LogP contribution in [0.2, 0.25) is 0 Å². The molecule has 8 nitrogen and oxygen atoms in total. The Morgan fingerprint density at radius 2 is 1.68 bits per heavy atom. The van der Waals surface area contributed by atoms with Gasteiger partial charge in [-0.3, -0.25) is 19.7 Å². The molecule has 0 radical (unpaired) electrons. The van der Waals surface area contributed by atoms with Crippen LogP contribution in [0.3, 0.4) is 0 Å². The van der Waals surface area contributed by atoms with Gasteiger partial charge in [-0.25, -0.2) is 0 Å². The van der Waals surface area contributed by atoms with Gasteiger partial charge in [0.1, 0.15) is 0 Å². The Balaban J connectivity index is 1.76. The average molecular weight is 303 g/mol. The predicted octanol–water partition coefficient (Wildman–Crippen LogP) is 1.35. The number of carbonyl (C=O) groups is 2. The highest BCUT2D eigenvalue weighted by Crippen LogP contribution is 2.11. The highest BCUT2D eigenvalue weighted by Gasteiger charge is 2.10. The summed E-state index contributed by atoms with van der Waals surface area (Å²) in [4.78, 5) is 33.3. The molecule has 0 saturated heterocycles. The third-order valence-electron chi connectivity index (χ3n) is 2.78. The van der Waals surface area contributed by atoms with Gasteiger partial charge in [-0.2, -0.15) is 0 Å². The number of rotatable bonds is 6. The maximum atomic E-state index is 11.8. The zero-order valence-corrected chi connectivity index (χ0v) is 11.4. The molecule has 0 bridgehead atoms. The molecule has 2 N–H and O–H groups in total. The monoisotopic (exact) mass is 303 g/mol. The van der Waals surface area contributed by atoms with Crippen molar-refractivity contribution in [1.29, 1.82) is 0 Å². The van der Waals surface area contributed by atoms with Crippen LogP contribution in [0, 0.1) is 10.1 Å². The van der Waals surface area contributed by atoms with Crippen molar-refractivity contribution >= 4 is 17.5 Å². The molecule has 2 aromatic rings. The zero-order valence-electron chi connectivity index (χ0n) is 11.4. The van der Waals surface area contributed by atoms with Gasteiger partial charge >= 0.3 is 0 Å². The fourth-order valence-electron chi connectivity index (χ4n) is 1.68. The number of nitrogens with zero attached hydrogens (tertiary/aromatic N) is 1. The quantitative estimate of drug-likeness (QED) is 0.475. The Bertz CT molecular complexity index is 664. The van der Waals surface area contributed by atoms with Crippen LogP contribution in [-0.4, -0.2) is 29.8 Å². The van der Waals surface area contributed by atoms with E-state index in [4.69, 9.17) is 4.42 Å². The first-order valence-corrected chi connectivity index (χ1v) is 6.42. The smallest absolute Gasteiger partial charge is 0.287 e. The second-order valence-electron chi connectivity index (χ2n) is 4.29. The summed E-state index contributed by atoms with van der Waals surface area (Å²) in [6.07, 6.45) is 1.39. The van der Waals surface area contributed by atoms with Crippen LogP contribution in [-0.2, 0) is 0 Å². The van der Waals surface area contributed by atoms with Crippen LogP contribution < -0.4 is 10.6 Å². The summed E-state index contributed by atoms with van der Waals surface area (Å²) >= 11 is 0. The Labute approximate surface area is 125 Å². The number of hydrogen-bond donors (Lipinski definition) is 2. The molecular formula is C14H13N3O5. The molecule has 8 heteroatoms. The lowest BCUT2D eigenvalue weighted by molar-refractivity contribution is -0.384. The molecule has 1 heterocycles. The topological polar surface area (TPSA) is 114 Å². The summed E-state index contributed by atoms with van der Waals surface area (Å²) in [6, 6.07) is 8.39. The van der Waals surface area contributed by atoms with Gasteiger partial charge in [0.15, 0.2) is 5.76 Å². The normalized spacial score (nSPS) is 10.0. The van der Waals surface area contributed by atoms with Gasteiger partial charge in [0.2, 0.25) is 0 Å². The summed E-state index contributed by atoms with van der Waals surface area (Å²) in [7, 11) is 0. The van der Waals surface area contributed by atoms with Crippen molar-refractivity contribution < 1.29 is 18.9 Å². The second-order valence-corrected chi connectivity index (χ2v) is 4.29. The average Bonchev–Trinajstić information content (AvgIpc) is 3.05. The molecule has 1 aromatic carbocycles. The van der Waals surface area contributed by atoms with E-state index in [2.05, 4.69) is 10.6 Å². The summed E-state index contributed by atoms with van der Waals surface area (Å²) in [5.74, 6) is -0.543. The SMILES string of the molecule is O=C(NCCNC(=O)c1ccco1)c1ccc([N+](=O)[O-])cc1. The van der Waals surface area contributed by atoms with Crippen LogP contribution in [0.5, 0.6) is 0 Å². The van der Waals surface area contributed by atoms with E-state index in [-0.39, 0.29) is 36.4 Å². The zero-order chi connectivity index (χ0) is 15.9. The molecule has 0 saturated carbocycles. The van der Waals surface area contributed by atoms with E-state index in [1.807, 2.05) is 0 Å². The van der Waals surface area contributed by atoms with Crippen LogP contribution >= 0.6 is 0 Å². The lowest BCUT2D eigenvalue weighted by atomic mass is 10.2. The standard InChI is InChI=1S/C14H13N3O5/c18-13(10-3-5-11(6-4-10)17(20)21)15-7-8-16-14(19)12-2-1-9-22-12/h1-6,9H,7-8H2,(H,15,18)(H,16,19). The van der Waals surface area contributed by atoms with E-state index in [0.717, 1.165) is 0 Å². The predicted molar refractivity (Wildman–Crippen MR) is 76.5 cm³/mol. The fraction of sp³-hybridized carbons (Fsp3) is 0.143. The number of non-ortho nitro benzene ring substituents is 1. The first-order chi connectivity index (χ1) is 10.6. The summed E-state index contributed by atoms with van der Waals surface area (Å²) in [6.45, 7) is 0.459. The molecule has 1 aromatic heterocycles. The van der Waals surface area contributed by atoms with E-state index in [1.165, 1.54) is 36.6 Å². The molecule has 0 atom stereocenters. The fourth-order valence-corrected chi connectivity index (χ4v) is 1.68. The van der Waals surface area contributed by atoms with Crippen LogP contribution in [0.1, 0.15) is 20.9 Å². The van der Waals surface area contributed by atoms with Gasteiger partial charge in [0.25, 0.3) is 17.5 Å². The van der Waals surface area contributed by atoms with E-state index < -0.39 is 4.92 Å². The Morgan fingerprint density at radius 3 is 2.23 bits per heavy atom. The molecule has 22 heavy (non-hydrogen) atoms. The minimum absolute atomic E-state index is 0.0812. The summed E-state index contributed by atoms with van der Waals surface area (Å²) in [5.41, 5.74) is 0.227. The van der Waals surface area contributed by atoms with Crippen molar-refractivity contribution in [2.45, 2.75) is 0 Å². The highest BCUT2D eigenvalue weighted by atomic mass is 16.6. The van der Waals surface area contributed by atoms with Crippen molar-refractivity contribution in [2.24, 2.45) is 0 Å². The minimum atomic E-state index is -0.536. The summed E-state index contributed by atoms with van der Waals surface area (Å²) < 4.78 is 4.92. The van der Waals surface area contributed by atoms with Gasteiger partial charge in [-0.1, -0.05) is 0 Å². The first kappa shape index (κ1) is 15.2. The van der Waals surface area contributed by atoms with E-state index >= 15 is 0 Å². The number of nitrogens with one attached hydrogen (secondary N) is 2. The molecule has 2 amide bonds. The number of nitro benzene ring substituents is 1. The Morgan fingerprint density at radius 1 is 1.05 bits per heavy atom. The lowest BCUT2D eigenvalue weighted by Gasteiger charge is -2.06. The number of furan rings is 1. The van der Waals surface area contributed by atoms with Crippen LogP contribution in [0.15, 0.2) is 47.1 Å². The van der Waals surface area contributed by atoms with Gasteiger partial charge in [0, 0.05) is 30.8 Å². The molecule has 0 aliphatic carbocycles. The molecule has 0 spiro atoms. The number of carbonyl (C=O) groups excluding carboxylic acids is 2. The summed E-state index contributed by atoms with van der Waals surface area (Å²) in [5, 5.41) is 15.7. The molecule has 0 aliphatic rings. The third-order valence-corrected chi connectivity index (χ3v) is 2.78. The minimum Gasteiger partial charge on any atom is -0.459 e. The highest BCUT2D eigenvalue weighted by molar-refractivity contribution is 5.94. The molecule has 114 valence electrons. The van der Waals surface area contributed by atoms with Gasteiger partial charge in [0.05, 0.1) is 11.2 Å². The lowest BCUT2D eigenvalue weighted by Crippen LogP contribution is -2.34. The van der Waals surface area contributed by atoms with Crippen molar-refractivity contribution in [2.75, 3.05) is 13.1 Å². The van der Waals surface area contributed by atoms with Crippen molar-refractivity contribution in [3.05, 3.63) is 64.1 Å². The maximum Gasteiger partial charge on any atom is 0.287 e. The number of amides is 2. The van der Waals surface area contributed by atoms with Crippen LogP contribution in [0.25, 0.3) is 0 Å². The second kappa shape index (κ2) is 7.02. The van der Waals surface area contributed by atoms with Crippen LogP contribution in [0.4, 0.5) is 5.69 Å². The molecule has 0 fully saturated rings. The Hall–Kier alpha value is -3.16. The van der Waals surface area contributed by atoms with Crippen molar-refractivity contribution in [1.82, 2.24) is 10.6 Å². The number of hydrogen-bond acceptors (Lipinski definition) is 5. The third kappa shape index (κ3) is 3.92. The Kier molecular flexibility index (Phi) is 4.86. The van der Waals surface area contributed by atoms with Crippen molar-refractivity contribution in [3.63, 3.8) is 0 Å². The van der Waals surface area contributed by atoms with Crippen molar-refractivity contribution in [3.8, 4) is 0 Å². The molecular weight excluding hydrogens is 290 g/mol. The number of benzene rings is 1. The van der Waals surface area contributed by atoms with E-state index in [1.54, 1.807) is 6.07 Å². The van der Waals surface area contributed by atoms with Gasteiger partial charge < -0.3 is 15.1 Å². The maximum absolute atomic E-state index is 11.8. The molecule has 0 unspecified atom stereocenters.